The van der Waals surface area contributed by atoms with Crippen LogP contribution < -0.4 is 25.4 Å². The van der Waals surface area contributed by atoms with Gasteiger partial charge in [0.15, 0.2) is 23.1 Å². The molecule has 2 aromatic carbocycles. The smallest absolute Gasteiger partial charge is 0.231 e. The molecule has 0 atom stereocenters. The predicted molar refractivity (Wildman–Crippen MR) is 126 cm³/mol. The third-order valence-electron chi connectivity index (χ3n) is 6.03. The van der Waals surface area contributed by atoms with Crippen LogP contribution in [0.3, 0.4) is 0 Å². The molecular weight excluding hydrogens is 404 g/mol. The molecule has 8 heteroatoms. The van der Waals surface area contributed by atoms with Crippen LogP contribution in [0, 0.1) is 0 Å². The van der Waals surface area contributed by atoms with Crippen molar-refractivity contribution in [2.24, 2.45) is 0 Å². The molecule has 1 aromatic heterocycles. The van der Waals surface area contributed by atoms with Gasteiger partial charge in [-0.05, 0) is 35.7 Å². The van der Waals surface area contributed by atoms with Crippen LogP contribution >= 0.6 is 0 Å². The Balaban J connectivity index is 1.24. The summed E-state index contributed by atoms with van der Waals surface area (Å²) in [5, 5.41) is 3.40. The van der Waals surface area contributed by atoms with Crippen molar-refractivity contribution in [2.45, 2.75) is 19.9 Å². The molecule has 166 valence electrons. The molecule has 3 aromatic rings. The molecule has 0 radical (unpaired) electrons. The third-order valence-corrected chi connectivity index (χ3v) is 6.03. The van der Waals surface area contributed by atoms with E-state index in [-0.39, 0.29) is 0 Å². The number of piperazine rings is 1. The van der Waals surface area contributed by atoms with Gasteiger partial charge in [0.25, 0.3) is 0 Å². The molecule has 2 aliphatic rings. The molecule has 0 aliphatic carbocycles. The number of hydrogen-bond acceptors (Lipinski definition) is 8. The van der Waals surface area contributed by atoms with Crippen LogP contribution in [0.15, 0.2) is 48.8 Å². The van der Waals surface area contributed by atoms with Gasteiger partial charge in [-0.3, -0.25) is 4.90 Å². The van der Waals surface area contributed by atoms with Crippen molar-refractivity contribution >= 4 is 23.0 Å². The number of aromatic nitrogens is 2. The number of hydrogen-bond donors (Lipinski definition) is 2. The second kappa shape index (κ2) is 8.92. The van der Waals surface area contributed by atoms with E-state index >= 15 is 0 Å². The van der Waals surface area contributed by atoms with Crippen LogP contribution in [-0.2, 0) is 13.0 Å². The van der Waals surface area contributed by atoms with Gasteiger partial charge in [0.1, 0.15) is 12.0 Å². The summed E-state index contributed by atoms with van der Waals surface area (Å²) >= 11 is 0. The molecule has 3 heterocycles. The summed E-state index contributed by atoms with van der Waals surface area (Å²) in [6.45, 7) is 6.90. The summed E-state index contributed by atoms with van der Waals surface area (Å²) in [4.78, 5) is 13.6. The largest absolute Gasteiger partial charge is 0.454 e. The molecule has 5 rings (SSSR count). The van der Waals surface area contributed by atoms with E-state index in [1.165, 1.54) is 11.1 Å². The highest BCUT2D eigenvalue weighted by atomic mass is 16.7. The van der Waals surface area contributed by atoms with E-state index in [9.17, 15) is 0 Å². The standard InChI is InChI=1S/C24H28N6O2/c1-2-18-5-3-4-6-19(18)28-23-22(25)24(27-15-26-23)30-11-9-29(10-12-30)14-17-7-8-20-21(13-17)32-16-31-20/h3-8,13,15H,2,9-12,14,16,25H2,1H3,(H,26,27,28). The van der Waals surface area contributed by atoms with Gasteiger partial charge in [-0.2, -0.15) is 0 Å². The molecule has 1 saturated heterocycles. The Kier molecular flexibility index (Phi) is 5.68. The maximum absolute atomic E-state index is 6.50. The number of nitrogens with one attached hydrogen (secondary N) is 1. The van der Waals surface area contributed by atoms with E-state index in [1.54, 1.807) is 6.33 Å². The molecular formula is C24H28N6O2. The van der Waals surface area contributed by atoms with Gasteiger partial charge in [-0.15, -0.1) is 0 Å². The molecule has 0 saturated carbocycles. The zero-order chi connectivity index (χ0) is 21.9. The number of nitrogens with zero attached hydrogens (tertiary/aromatic N) is 4. The minimum Gasteiger partial charge on any atom is -0.454 e. The lowest BCUT2D eigenvalue weighted by Gasteiger charge is -2.36. The van der Waals surface area contributed by atoms with Gasteiger partial charge in [-0.25, -0.2) is 9.97 Å². The SMILES string of the molecule is CCc1ccccc1Nc1ncnc(N2CCN(Cc3ccc4c(c3)OCO4)CC2)c1N. The highest BCUT2D eigenvalue weighted by molar-refractivity contribution is 5.79. The molecule has 2 aliphatic heterocycles. The Labute approximate surface area is 188 Å². The van der Waals surface area contributed by atoms with Crippen molar-refractivity contribution in [3.05, 3.63) is 59.9 Å². The first kappa shape index (κ1) is 20.4. The third kappa shape index (κ3) is 4.13. The van der Waals surface area contributed by atoms with E-state index in [2.05, 4.69) is 56.3 Å². The van der Waals surface area contributed by atoms with E-state index in [0.717, 1.165) is 62.1 Å². The van der Waals surface area contributed by atoms with Gasteiger partial charge in [0.2, 0.25) is 6.79 Å². The highest BCUT2D eigenvalue weighted by Gasteiger charge is 2.22. The first-order chi connectivity index (χ1) is 15.7. The van der Waals surface area contributed by atoms with Crippen LogP contribution in [0.5, 0.6) is 11.5 Å². The Hall–Kier alpha value is -3.52. The van der Waals surface area contributed by atoms with Crippen molar-refractivity contribution in [3.63, 3.8) is 0 Å². The number of fused-ring (bicyclic) bond motifs is 1. The van der Waals surface area contributed by atoms with Crippen molar-refractivity contribution < 1.29 is 9.47 Å². The molecule has 0 spiro atoms. The van der Waals surface area contributed by atoms with E-state index < -0.39 is 0 Å². The minimum absolute atomic E-state index is 0.304. The summed E-state index contributed by atoms with van der Waals surface area (Å²) in [6.07, 6.45) is 2.52. The van der Waals surface area contributed by atoms with Crippen molar-refractivity contribution in [1.29, 1.82) is 0 Å². The number of para-hydroxylation sites is 1. The van der Waals surface area contributed by atoms with E-state index in [0.29, 0.717) is 18.3 Å². The fourth-order valence-corrected chi connectivity index (χ4v) is 4.23. The number of ether oxygens (including phenoxy) is 2. The first-order valence-electron chi connectivity index (χ1n) is 11.0. The zero-order valence-electron chi connectivity index (χ0n) is 18.3. The number of anilines is 4. The average molecular weight is 433 g/mol. The number of rotatable bonds is 6. The second-order valence-electron chi connectivity index (χ2n) is 8.05. The minimum atomic E-state index is 0.304. The van der Waals surface area contributed by atoms with Gasteiger partial charge in [0.05, 0.1) is 0 Å². The molecule has 0 amide bonds. The zero-order valence-corrected chi connectivity index (χ0v) is 18.3. The van der Waals surface area contributed by atoms with Gasteiger partial charge in [-0.1, -0.05) is 31.2 Å². The number of nitrogen functional groups attached to an aromatic ring is 1. The lowest BCUT2D eigenvalue weighted by molar-refractivity contribution is 0.174. The summed E-state index contributed by atoms with van der Waals surface area (Å²) in [6, 6.07) is 14.4. The topological polar surface area (TPSA) is 88.8 Å². The fourth-order valence-electron chi connectivity index (χ4n) is 4.23. The average Bonchev–Trinajstić information content (AvgIpc) is 3.29. The normalized spacial score (nSPS) is 15.7. The summed E-state index contributed by atoms with van der Waals surface area (Å²) in [5.74, 6) is 3.10. The van der Waals surface area contributed by atoms with Gasteiger partial charge < -0.3 is 25.4 Å². The monoisotopic (exact) mass is 432 g/mol. The molecule has 8 nitrogen and oxygen atoms in total. The molecule has 32 heavy (non-hydrogen) atoms. The van der Waals surface area contributed by atoms with Crippen LogP contribution in [0.1, 0.15) is 18.1 Å². The Morgan fingerprint density at radius 2 is 1.81 bits per heavy atom. The van der Waals surface area contributed by atoms with Crippen molar-refractivity contribution in [3.8, 4) is 11.5 Å². The van der Waals surface area contributed by atoms with E-state index in [1.807, 2.05) is 18.2 Å². The second-order valence-corrected chi connectivity index (χ2v) is 8.05. The molecule has 0 unspecified atom stereocenters. The van der Waals surface area contributed by atoms with Crippen LogP contribution in [0.2, 0.25) is 0 Å². The van der Waals surface area contributed by atoms with Crippen molar-refractivity contribution in [2.75, 3.05) is 48.9 Å². The Morgan fingerprint density at radius 3 is 2.66 bits per heavy atom. The van der Waals surface area contributed by atoms with Gasteiger partial charge >= 0.3 is 0 Å². The number of aryl methyl sites for hydroxylation is 1. The summed E-state index contributed by atoms with van der Waals surface area (Å²) in [7, 11) is 0. The van der Waals surface area contributed by atoms with Crippen LogP contribution in [0.4, 0.5) is 23.0 Å². The van der Waals surface area contributed by atoms with Crippen LogP contribution in [-0.4, -0.2) is 47.8 Å². The van der Waals surface area contributed by atoms with E-state index in [4.69, 9.17) is 15.2 Å². The molecule has 1 fully saturated rings. The lowest BCUT2D eigenvalue weighted by Crippen LogP contribution is -2.46. The highest BCUT2D eigenvalue weighted by Crippen LogP contribution is 2.33. The lowest BCUT2D eigenvalue weighted by atomic mass is 10.1. The quantitative estimate of drug-likeness (QED) is 0.613. The number of nitrogens with two attached hydrogens (primary N) is 1. The Morgan fingerprint density at radius 1 is 1.00 bits per heavy atom. The van der Waals surface area contributed by atoms with Crippen LogP contribution in [0.25, 0.3) is 0 Å². The molecule has 3 N–H and O–H groups in total. The summed E-state index contributed by atoms with van der Waals surface area (Å²) in [5.41, 5.74) is 10.6. The fraction of sp³-hybridized carbons (Fsp3) is 0.333. The van der Waals surface area contributed by atoms with Crippen molar-refractivity contribution in [1.82, 2.24) is 14.9 Å². The Bertz CT molecular complexity index is 1100. The number of benzene rings is 2. The molecule has 0 bridgehead atoms. The van der Waals surface area contributed by atoms with Gasteiger partial charge in [0, 0.05) is 38.4 Å². The summed E-state index contributed by atoms with van der Waals surface area (Å²) < 4.78 is 10.9. The maximum Gasteiger partial charge on any atom is 0.231 e. The maximum atomic E-state index is 6.50. The predicted octanol–water partition coefficient (Wildman–Crippen LogP) is 3.42. The first-order valence-corrected chi connectivity index (χ1v) is 11.0.